The van der Waals surface area contributed by atoms with Gasteiger partial charge in [0.2, 0.25) is 0 Å². The molecule has 0 aliphatic carbocycles. The molecule has 1 aromatic rings. The number of rotatable bonds is 6. The van der Waals surface area contributed by atoms with E-state index in [2.05, 4.69) is 12.2 Å². The summed E-state index contributed by atoms with van der Waals surface area (Å²) in [5.41, 5.74) is 3.28. The number of carbonyl (C=O) groups is 1. The van der Waals surface area contributed by atoms with Gasteiger partial charge in [0.05, 0.1) is 0 Å². The fourth-order valence-corrected chi connectivity index (χ4v) is 1.70. The molecule has 1 atom stereocenters. The average Bonchev–Trinajstić information content (AvgIpc) is 2.28. The number of carboxylic acids is 1. The molecule has 0 aromatic heterocycles. The number of hydrogen-bond acceptors (Lipinski definition) is 2. The first-order chi connectivity index (χ1) is 8.04. The molecule has 1 aromatic carbocycles. The zero-order valence-corrected chi connectivity index (χ0v) is 10.8. The van der Waals surface area contributed by atoms with Gasteiger partial charge in [-0.2, -0.15) is 0 Å². The second kappa shape index (κ2) is 6.28. The molecule has 1 rings (SSSR count). The van der Waals surface area contributed by atoms with Crippen molar-refractivity contribution in [3.63, 3.8) is 0 Å². The van der Waals surface area contributed by atoms with Gasteiger partial charge in [-0.15, -0.1) is 0 Å². The van der Waals surface area contributed by atoms with Crippen LogP contribution in [-0.4, -0.2) is 17.1 Å². The van der Waals surface area contributed by atoms with Crippen molar-refractivity contribution in [1.82, 2.24) is 0 Å². The Balaban J connectivity index is 2.71. The predicted octanol–water partition coefficient (Wildman–Crippen LogP) is 3.36. The van der Waals surface area contributed by atoms with Gasteiger partial charge in [0, 0.05) is 5.69 Å². The van der Waals surface area contributed by atoms with E-state index in [1.165, 1.54) is 11.1 Å². The molecule has 1 unspecified atom stereocenters. The first kappa shape index (κ1) is 13.6. The Labute approximate surface area is 103 Å². The lowest BCUT2D eigenvalue weighted by Crippen LogP contribution is -2.29. The second-order valence-corrected chi connectivity index (χ2v) is 4.48. The summed E-state index contributed by atoms with van der Waals surface area (Å²) >= 11 is 0. The summed E-state index contributed by atoms with van der Waals surface area (Å²) in [5, 5.41) is 12.2. The number of hydrogen-bond donors (Lipinski definition) is 2. The van der Waals surface area contributed by atoms with E-state index in [0.29, 0.717) is 6.42 Å². The van der Waals surface area contributed by atoms with Gasteiger partial charge < -0.3 is 10.4 Å². The van der Waals surface area contributed by atoms with Gasteiger partial charge >= 0.3 is 5.97 Å². The maximum atomic E-state index is 11.1. The summed E-state index contributed by atoms with van der Waals surface area (Å²) in [6.45, 7) is 6.14. The normalized spacial score (nSPS) is 12.2. The number of benzene rings is 1. The number of carboxylic acid groups (broad SMARTS) is 1. The molecule has 0 radical (unpaired) electrons. The van der Waals surface area contributed by atoms with Crippen molar-refractivity contribution in [2.75, 3.05) is 5.32 Å². The second-order valence-electron chi connectivity index (χ2n) is 4.48. The van der Waals surface area contributed by atoms with Crippen molar-refractivity contribution in [3.05, 3.63) is 29.3 Å². The van der Waals surface area contributed by atoms with Gasteiger partial charge in [-0.1, -0.05) is 25.8 Å². The number of nitrogens with one attached hydrogen (secondary N) is 1. The zero-order valence-electron chi connectivity index (χ0n) is 10.8. The van der Waals surface area contributed by atoms with Crippen LogP contribution in [0.4, 0.5) is 5.69 Å². The molecule has 0 aliphatic heterocycles. The lowest BCUT2D eigenvalue weighted by molar-refractivity contribution is -0.138. The summed E-state index contributed by atoms with van der Waals surface area (Å²) < 4.78 is 0. The average molecular weight is 235 g/mol. The quantitative estimate of drug-likeness (QED) is 0.795. The van der Waals surface area contributed by atoms with Crippen LogP contribution >= 0.6 is 0 Å². The summed E-state index contributed by atoms with van der Waals surface area (Å²) in [5.74, 6) is -0.781. The van der Waals surface area contributed by atoms with Crippen LogP contribution in [0.25, 0.3) is 0 Å². The highest BCUT2D eigenvalue weighted by atomic mass is 16.4. The van der Waals surface area contributed by atoms with Crippen LogP contribution in [0.2, 0.25) is 0 Å². The van der Waals surface area contributed by atoms with Crippen LogP contribution in [-0.2, 0) is 4.79 Å². The topological polar surface area (TPSA) is 49.3 Å². The Morgan fingerprint density at radius 1 is 1.35 bits per heavy atom. The molecule has 0 spiro atoms. The minimum atomic E-state index is -0.781. The molecule has 0 aliphatic rings. The van der Waals surface area contributed by atoms with Gasteiger partial charge in [0.25, 0.3) is 0 Å². The Kier molecular flexibility index (Phi) is 5.01. The fraction of sp³-hybridized carbons (Fsp3) is 0.500. The Hall–Kier alpha value is -1.51. The SMILES string of the molecule is CCCCC(Nc1ccc(C)c(C)c1)C(=O)O. The first-order valence-corrected chi connectivity index (χ1v) is 6.11. The van der Waals surface area contributed by atoms with E-state index >= 15 is 0 Å². The number of aliphatic carboxylic acids is 1. The highest BCUT2D eigenvalue weighted by molar-refractivity contribution is 5.77. The Bertz CT molecular complexity index is 388. The molecule has 0 amide bonds. The molecule has 3 heteroatoms. The Morgan fingerprint density at radius 3 is 2.59 bits per heavy atom. The lowest BCUT2D eigenvalue weighted by Gasteiger charge is -2.16. The molecule has 2 N–H and O–H groups in total. The van der Waals surface area contributed by atoms with Gasteiger partial charge in [-0.05, 0) is 43.5 Å². The standard InChI is InChI=1S/C14H21NO2/c1-4-5-6-13(14(16)17)15-12-8-7-10(2)11(3)9-12/h7-9,13,15H,4-6H2,1-3H3,(H,16,17). The zero-order chi connectivity index (χ0) is 12.8. The molecule has 17 heavy (non-hydrogen) atoms. The monoisotopic (exact) mass is 235 g/mol. The fourth-order valence-electron chi connectivity index (χ4n) is 1.70. The van der Waals surface area contributed by atoms with Crippen molar-refractivity contribution in [2.45, 2.75) is 46.1 Å². The molecule has 3 nitrogen and oxygen atoms in total. The predicted molar refractivity (Wildman–Crippen MR) is 70.5 cm³/mol. The highest BCUT2D eigenvalue weighted by Gasteiger charge is 2.16. The summed E-state index contributed by atoms with van der Waals surface area (Å²) in [6.07, 6.45) is 2.60. The van der Waals surface area contributed by atoms with E-state index in [1.807, 2.05) is 32.0 Å². The summed E-state index contributed by atoms with van der Waals surface area (Å²) in [4.78, 5) is 11.1. The van der Waals surface area contributed by atoms with Crippen LogP contribution in [0, 0.1) is 13.8 Å². The molecule has 0 heterocycles. The van der Waals surface area contributed by atoms with Gasteiger partial charge in [0.15, 0.2) is 0 Å². The van der Waals surface area contributed by atoms with Crippen molar-refractivity contribution in [1.29, 1.82) is 0 Å². The maximum Gasteiger partial charge on any atom is 0.326 e. The van der Waals surface area contributed by atoms with Crippen LogP contribution in [0.3, 0.4) is 0 Å². The van der Waals surface area contributed by atoms with Crippen molar-refractivity contribution < 1.29 is 9.90 Å². The lowest BCUT2D eigenvalue weighted by atomic mass is 10.1. The van der Waals surface area contributed by atoms with Gasteiger partial charge in [0.1, 0.15) is 6.04 Å². The van der Waals surface area contributed by atoms with E-state index in [1.54, 1.807) is 0 Å². The van der Waals surface area contributed by atoms with Gasteiger partial charge in [-0.3, -0.25) is 0 Å². The third-order valence-electron chi connectivity index (χ3n) is 2.99. The first-order valence-electron chi connectivity index (χ1n) is 6.11. The third kappa shape index (κ3) is 4.10. The number of unbranched alkanes of at least 4 members (excludes halogenated alkanes) is 1. The van der Waals surface area contributed by atoms with Crippen LogP contribution in [0.5, 0.6) is 0 Å². The smallest absolute Gasteiger partial charge is 0.326 e. The van der Waals surface area contributed by atoms with Gasteiger partial charge in [-0.25, -0.2) is 4.79 Å². The van der Waals surface area contributed by atoms with E-state index in [4.69, 9.17) is 5.11 Å². The van der Waals surface area contributed by atoms with Crippen LogP contribution in [0.15, 0.2) is 18.2 Å². The van der Waals surface area contributed by atoms with Crippen LogP contribution in [0.1, 0.15) is 37.3 Å². The summed E-state index contributed by atoms with van der Waals surface area (Å²) in [7, 11) is 0. The van der Waals surface area contributed by atoms with Crippen molar-refractivity contribution in [3.8, 4) is 0 Å². The number of aryl methyl sites for hydroxylation is 2. The van der Waals surface area contributed by atoms with E-state index in [9.17, 15) is 4.79 Å². The molecular weight excluding hydrogens is 214 g/mol. The van der Waals surface area contributed by atoms with Crippen LogP contribution < -0.4 is 5.32 Å². The molecule has 94 valence electrons. The van der Waals surface area contributed by atoms with Crippen molar-refractivity contribution in [2.24, 2.45) is 0 Å². The third-order valence-corrected chi connectivity index (χ3v) is 2.99. The minimum absolute atomic E-state index is 0.489. The maximum absolute atomic E-state index is 11.1. The molecule has 0 saturated heterocycles. The van der Waals surface area contributed by atoms with E-state index in [-0.39, 0.29) is 0 Å². The minimum Gasteiger partial charge on any atom is -0.480 e. The highest BCUT2D eigenvalue weighted by Crippen LogP contribution is 2.16. The largest absolute Gasteiger partial charge is 0.480 e. The Morgan fingerprint density at radius 2 is 2.06 bits per heavy atom. The molecular formula is C14H21NO2. The van der Waals surface area contributed by atoms with E-state index < -0.39 is 12.0 Å². The molecule has 0 saturated carbocycles. The molecule has 0 bridgehead atoms. The number of anilines is 1. The summed E-state index contributed by atoms with van der Waals surface area (Å²) in [6, 6.07) is 5.45. The van der Waals surface area contributed by atoms with Crippen molar-refractivity contribution >= 4 is 11.7 Å². The van der Waals surface area contributed by atoms with E-state index in [0.717, 1.165) is 18.5 Å². The molecule has 0 fully saturated rings.